The van der Waals surface area contributed by atoms with E-state index in [0.29, 0.717) is 19.4 Å². The maximum Gasteiger partial charge on any atom is 0.241 e. The summed E-state index contributed by atoms with van der Waals surface area (Å²) in [6.07, 6.45) is 8.77. The number of hydrogen-bond donors (Lipinski definition) is 0. The summed E-state index contributed by atoms with van der Waals surface area (Å²) in [6.45, 7) is 5.25. The Morgan fingerprint density at radius 2 is 2.08 bits per heavy atom. The lowest BCUT2D eigenvalue weighted by atomic mass is 9.86. The fraction of sp³-hybridized carbons (Fsp3) is 0.500. The first-order valence-corrected chi connectivity index (χ1v) is 11.0. The average molecular weight is 393 g/mol. The molecule has 140 valence electrons. The van der Waals surface area contributed by atoms with Crippen LogP contribution in [0, 0.1) is 11.8 Å². The lowest BCUT2D eigenvalue weighted by Gasteiger charge is -2.26. The van der Waals surface area contributed by atoms with Gasteiger partial charge in [-0.15, -0.1) is 0 Å². The Morgan fingerprint density at radius 1 is 1.27 bits per heavy atom. The molecule has 0 bridgehead atoms. The quantitative estimate of drug-likeness (QED) is 0.372. The first-order valence-electron chi connectivity index (χ1n) is 9.43. The highest BCUT2D eigenvalue weighted by molar-refractivity contribution is 7.40. The summed E-state index contributed by atoms with van der Waals surface area (Å²) in [7, 11) is 0.634. The van der Waals surface area contributed by atoms with Crippen molar-refractivity contribution in [1.29, 1.82) is 0 Å². The number of hydrogen-bond acceptors (Lipinski definition) is 3. The van der Waals surface area contributed by atoms with Gasteiger partial charge in [0.25, 0.3) is 0 Å². The Labute approximate surface area is 162 Å². The third-order valence-corrected chi connectivity index (χ3v) is 6.51. The van der Waals surface area contributed by atoms with Crippen molar-refractivity contribution < 1.29 is 9.59 Å². The van der Waals surface area contributed by atoms with Crippen LogP contribution in [0.15, 0.2) is 30.4 Å². The summed E-state index contributed by atoms with van der Waals surface area (Å²) in [4.78, 5) is 27.0. The van der Waals surface area contributed by atoms with E-state index >= 15 is 0 Å². The molecule has 3 atom stereocenters. The molecule has 2 amide bonds. The Bertz CT molecular complexity index is 722. The van der Waals surface area contributed by atoms with Gasteiger partial charge in [0, 0.05) is 6.54 Å². The van der Waals surface area contributed by atoms with E-state index in [1.54, 1.807) is 6.07 Å². The second kappa shape index (κ2) is 8.54. The highest BCUT2D eigenvalue weighted by Crippen LogP contribution is 2.41. The molecular weight excluding hydrogens is 367 g/mol. The molecule has 1 fully saturated rings. The number of unbranched alkanes of at least 4 members (excludes halogenated alkanes) is 1. The number of amides is 2. The molecule has 1 saturated heterocycles. The number of carbonyl (C=O) groups is 2. The van der Waals surface area contributed by atoms with E-state index < -0.39 is 0 Å². The smallest absolute Gasteiger partial charge is 0.241 e. The molecule has 2 aliphatic rings. The Kier molecular flexibility index (Phi) is 6.37. The lowest BCUT2D eigenvalue weighted by molar-refractivity contribution is -0.122. The van der Waals surface area contributed by atoms with E-state index in [1.807, 2.05) is 24.3 Å². The lowest BCUT2D eigenvalue weighted by Crippen LogP contribution is -2.31. The number of nitrogens with zero attached hydrogens (tertiary/aromatic N) is 2. The van der Waals surface area contributed by atoms with Crippen molar-refractivity contribution >= 4 is 43.5 Å². The standard InChI is InChI=1S/C20H26ClN2O2P/c1-3-5-12-22(26-4-2)18-13-14(10-11-17(18)21)23-19(24)15-8-6-7-9-16(15)20(23)25/h6,8,10-11,13,15-16,26H,3-5,7,9,12H2,1-2H3. The van der Waals surface area contributed by atoms with Gasteiger partial charge in [-0.25, -0.2) is 4.90 Å². The maximum atomic E-state index is 12.8. The Hall–Kier alpha value is -1.38. The van der Waals surface area contributed by atoms with Crippen LogP contribution < -0.4 is 9.57 Å². The van der Waals surface area contributed by atoms with Gasteiger partial charge in [0.15, 0.2) is 0 Å². The van der Waals surface area contributed by atoms with Gasteiger partial charge in [-0.1, -0.05) is 44.0 Å². The van der Waals surface area contributed by atoms with Crippen LogP contribution >= 0.6 is 20.3 Å². The summed E-state index contributed by atoms with van der Waals surface area (Å²) < 4.78 is 2.29. The van der Waals surface area contributed by atoms with Crippen LogP contribution in [0.25, 0.3) is 0 Å². The fourth-order valence-electron chi connectivity index (χ4n) is 3.68. The van der Waals surface area contributed by atoms with Crippen LogP contribution in [0.2, 0.25) is 5.02 Å². The number of anilines is 2. The van der Waals surface area contributed by atoms with Gasteiger partial charge in [0.1, 0.15) is 0 Å². The second-order valence-corrected chi connectivity index (χ2v) is 8.77. The normalized spacial score (nSPS) is 22.5. The molecule has 1 aliphatic carbocycles. The van der Waals surface area contributed by atoms with E-state index in [9.17, 15) is 9.59 Å². The van der Waals surface area contributed by atoms with E-state index in [-0.39, 0.29) is 23.7 Å². The van der Waals surface area contributed by atoms with Gasteiger partial charge in [-0.2, -0.15) is 0 Å². The number of carbonyl (C=O) groups excluding carboxylic acids is 2. The highest BCUT2D eigenvalue weighted by Gasteiger charge is 2.47. The van der Waals surface area contributed by atoms with Crippen molar-refractivity contribution in [2.24, 2.45) is 11.8 Å². The molecule has 0 aromatic heterocycles. The molecule has 3 rings (SSSR count). The van der Waals surface area contributed by atoms with Gasteiger partial charge >= 0.3 is 0 Å². The minimum absolute atomic E-state index is 0.0735. The van der Waals surface area contributed by atoms with E-state index in [1.165, 1.54) is 4.90 Å². The summed E-state index contributed by atoms with van der Waals surface area (Å²) in [5.41, 5.74) is 1.56. The second-order valence-electron chi connectivity index (χ2n) is 6.80. The fourth-order valence-corrected chi connectivity index (χ4v) is 5.02. The highest BCUT2D eigenvalue weighted by atomic mass is 35.5. The molecule has 0 N–H and O–H groups in total. The zero-order valence-corrected chi connectivity index (χ0v) is 17.1. The number of imide groups is 1. The minimum atomic E-state index is -0.302. The summed E-state index contributed by atoms with van der Waals surface area (Å²) in [5.74, 6) is -0.692. The molecule has 26 heavy (non-hydrogen) atoms. The monoisotopic (exact) mass is 392 g/mol. The summed E-state index contributed by atoms with van der Waals surface area (Å²) >= 11 is 6.47. The Morgan fingerprint density at radius 3 is 2.77 bits per heavy atom. The number of fused-ring (bicyclic) bond motifs is 1. The first kappa shape index (κ1) is 19.4. The SMILES string of the molecule is CCCCN(PCC)c1cc(N2C(=O)C3C=CCCC3C2=O)ccc1Cl. The largest absolute Gasteiger partial charge is 0.352 e. The number of halogens is 1. The molecule has 4 nitrogen and oxygen atoms in total. The summed E-state index contributed by atoms with van der Waals surface area (Å²) in [5, 5.41) is 0.669. The third kappa shape index (κ3) is 3.68. The van der Waals surface area contributed by atoms with Crippen molar-refractivity contribution in [2.45, 2.75) is 39.5 Å². The molecule has 1 aromatic carbocycles. The van der Waals surface area contributed by atoms with Crippen LogP contribution in [0.1, 0.15) is 39.5 Å². The van der Waals surface area contributed by atoms with Crippen LogP contribution in [0.5, 0.6) is 0 Å². The topological polar surface area (TPSA) is 40.6 Å². The molecule has 0 saturated carbocycles. The first-order chi connectivity index (χ1) is 12.6. The van der Waals surface area contributed by atoms with E-state index in [4.69, 9.17) is 11.6 Å². The van der Waals surface area contributed by atoms with Crippen LogP contribution in [-0.4, -0.2) is 24.5 Å². The molecule has 1 aliphatic heterocycles. The van der Waals surface area contributed by atoms with Gasteiger partial charge in [-0.05, 0) is 52.4 Å². The van der Waals surface area contributed by atoms with E-state index in [0.717, 1.165) is 44.1 Å². The molecule has 0 radical (unpaired) electrons. The number of allylic oxidation sites excluding steroid dienone is 1. The van der Waals surface area contributed by atoms with Crippen LogP contribution in [0.4, 0.5) is 11.4 Å². The van der Waals surface area contributed by atoms with E-state index in [2.05, 4.69) is 18.5 Å². The number of rotatable bonds is 7. The van der Waals surface area contributed by atoms with Crippen LogP contribution in [0.3, 0.4) is 0 Å². The third-order valence-electron chi connectivity index (χ3n) is 5.03. The molecule has 0 spiro atoms. The van der Waals surface area contributed by atoms with Gasteiger partial charge in [0.2, 0.25) is 11.8 Å². The van der Waals surface area contributed by atoms with Crippen molar-refractivity contribution in [1.82, 2.24) is 0 Å². The molecular formula is C20H26ClN2O2P. The van der Waals surface area contributed by atoms with Crippen molar-refractivity contribution in [3.63, 3.8) is 0 Å². The van der Waals surface area contributed by atoms with Gasteiger partial charge in [0.05, 0.1) is 28.2 Å². The number of benzene rings is 1. The predicted octanol–water partition coefficient (Wildman–Crippen LogP) is 5.02. The van der Waals surface area contributed by atoms with Gasteiger partial charge in [-0.3, -0.25) is 9.59 Å². The minimum Gasteiger partial charge on any atom is -0.352 e. The molecule has 3 unspecified atom stereocenters. The maximum absolute atomic E-state index is 12.8. The van der Waals surface area contributed by atoms with Crippen LogP contribution in [-0.2, 0) is 9.59 Å². The molecule has 6 heteroatoms. The van der Waals surface area contributed by atoms with Crippen molar-refractivity contribution in [3.05, 3.63) is 35.4 Å². The van der Waals surface area contributed by atoms with Crippen molar-refractivity contribution in [2.75, 3.05) is 22.3 Å². The van der Waals surface area contributed by atoms with Gasteiger partial charge < -0.3 is 4.67 Å². The zero-order valence-electron chi connectivity index (χ0n) is 15.4. The predicted molar refractivity (Wildman–Crippen MR) is 110 cm³/mol. The average Bonchev–Trinajstić information content (AvgIpc) is 2.91. The Balaban J connectivity index is 1.92. The molecule has 1 aromatic rings. The molecule has 1 heterocycles. The summed E-state index contributed by atoms with van der Waals surface area (Å²) in [6, 6.07) is 5.51. The zero-order chi connectivity index (χ0) is 18.7. The van der Waals surface area contributed by atoms with Crippen molar-refractivity contribution in [3.8, 4) is 0 Å².